The average molecular weight is 105 g/mol. The molecule has 0 saturated carbocycles. The van der Waals surface area contributed by atoms with E-state index in [9.17, 15) is 0 Å². The van der Waals surface area contributed by atoms with Gasteiger partial charge in [-0.1, -0.05) is 0 Å². The maximum absolute atomic E-state index is 6.85. The zero-order valence-corrected chi connectivity index (χ0v) is 2.89. The zero-order chi connectivity index (χ0) is 2.71. The molecule has 0 aliphatic carbocycles. The summed E-state index contributed by atoms with van der Waals surface area (Å²) in [5.41, 5.74) is 0. The van der Waals surface area contributed by atoms with Crippen LogP contribution < -0.4 is 5.90 Å². The molecule has 4 heteroatoms. The van der Waals surface area contributed by atoms with Crippen molar-refractivity contribution < 1.29 is 27.3 Å². The molecule has 4 heavy (non-hydrogen) atoms. The van der Waals surface area contributed by atoms with Gasteiger partial charge in [-0.25, -0.2) is 5.26 Å². The fraction of sp³-hybridized carbons (Fsp3) is 0. The van der Waals surface area contributed by atoms with Gasteiger partial charge in [0.2, 0.25) is 0 Å². The Morgan fingerprint density at radius 1 is 1.75 bits per heavy atom. The van der Waals surface area contributed by atoms with Crippen molar-refractivity contribution in [2.75, 3.05) is 0 Å². The van der Waals surface area contributed by atoms with Gasteiger partial charge < -0.3 is 0 Å². The SMILES string of the molecule is NOO.[Fe]. The number of nitrogens with two attached hydrogens (primary N) is 1. The second kappa shape index (κ2) is 9.99. The molecule has 0 heterocycles. The fourth-order valence-electron chi connectivity index (χ4n) is 0. The Morgan fingerprint density at radius 3 is 1.75 bits per heavy atom. The Labute approximate surface area is 34.1 Å². The van der Waals surface area contributed by atoms with Gasteiger partial charge in [0.05, 0.1) is 0 Å². The monoisotopic (exact) mass is 105 g/mol. The third-order valence-corrected chi connectivity index (χ3v) is 0. The molecule has 0 saturated heterocycles. The van der Waals surface area contributed by atoms with Crippen LogP contribution in [0.25, 0.3) is 0 Å². The summed E-state index contributed by atoms with van der Waals surface area (Å²) < 4.78 is 0. The summed E-state index contributed by atoms with van der Waals surface area (Å²) in [7, 11) is 0. The Balaban J connectivity index is 0. The van der Waals surface area contributed by atoms with E-state index in [1.165, 1.54) is 0 Å². The molecule has 0 aromatic rings. The Morgan fingerprint density at radius 2 is 1.75 bits per heavy atom. The third kappa shape index (κ3) is 29.4. The molecular formula is H3FeNO2. The Kier molecular flexibility index (Phi) is 22.1. The van der Waals surface area contributed by atoms with Gasteiger partial charge in [-0.15, -0.1) is 4.99 Å². The fourth-order valence-corrected chi connectivity index (χ4v) is 0. The third-order valence-electron chi connectivity index (χ3n) is 0. The summed E-state index contributed by atoms with van der Waals surface area (Å²) in [6.07, 6.45) is 0. The van der Waals surface area contributed by atoms with Crippen LogP contribution >= 0.6 is 0 Å². The van der Waals surface area contributed by atoms with Gasteiger partial charge in [-0.2, -0.15) is 5.90 Å². The Bertz CT molecular complexity index is 6.00. The molecule has 0 bridgehead atoms. The van der Waals surface area contributed by atoms with Gasteiger partial charge >= 0.3 is 0 Å². The minimum atomic E-state index is 0. The average Bonchev–Trinajstić information content (AvgIpc) is 0.918. The van der Waals surface area contributed by atoms with E-state index in [1.54, 1.807) is 0 Å². The van der Waals surface area contributed by atoms with Crippen molar-refractivity contribution in [2.24, 2.45) is 5.90 Å². The first-order chi connectivity index (χ1) is 1.41. The van der Waals surface area contributed by atoms with Gasteiger partial charge in [0.15, 0.2) is 0 Å². The smallest absolute Gasteiger partial charge is 0 e. The van der Waals surface area contributed by atoms with E-state index < -0.39 is 0 Å². The molecule has 0 rings (SSSR count). The maximum atomic E-state index is 6.85. The van der Waals surface area contributed by atoms with Crippen molar-refractivity contribution in [1.82, 2.24) is 0 Å². The first-order valence-electron chi connectivity index (χ1n) is 0.418. The summed E-state index contributed by atoms with van der Waals surface area (Å²) in [5, 5.41) is 6.85. The van der Waals surface area contributed by atoms with Crippen LogP contribution in [0.3, 0.4) is 0 Å². The van der Waals surface area contributed by atoms with Crippen molar-refractivity contribution in [3.63, 3.8) is 0 Å². The topological polar surface area (TPSA) is 55.5 Å². The summed E-state index contributed by atoms with van der Waals surface area (Å²) in [4.78, 5) is 2.75. The van der Waals surface area contributed by atoms with Crippen LogP contribution in [0.15, 0.2) is 0 Å². The summed E-state index contributed by atoms with van der Waals surface area (Å²) in [6.45, 7) is 0. The molecule has 3 N–H and O–H groups in total. The van der Waals surface area contributed by atoms with Crippen LogP contribution in [0, 0.1) is 0 Å². The minimum Gasteiger partial charge on any atom is -0.233 e. The van der Waals surface area contributed by atoms with E-state index in [0.29, 0.717) is 0 Å². The van der Waals surface area contributed by atoms with Gasteiger partial charge in [-0.05, 0) is 0 Å². The Hall–Kier alpha value is 0.399. The van der Waals surface area contributed by atoms with Crippen LogP contribution in [0.1, 0.15) is 0 Å². The van der Waals surface area contributed by atoms with Crippen LogP contribution in [0.5, 0.6) is 0 Å². The van der Waals surface area contributed by atoms with Crippen molar-refractivity contribution in [1.29, 1.82) is 0 Å². The molecule has 0 aliphatic rings. The predicted molar refractivity (Wildman–Crippen MR) is 7.90 cm³/mol. The molecule has 3 nitrogen and oxygen atoms in total. The van der Waals surface area contributed by atoms with Gasteiger partial charge in [0.25, 0.3) is 0 Å². The molecular weight excluding hydrogens is 102 g/mol. The quantitative estimate of drug-likeness (QED) is 0.244. The van der Waals surface area contributed by atoms with Crippen LogP contribution in [-0.2, 0) is 22.1 Å². The molecule has 0 amide bonds. The summed E-state index contributed by atoms with van der Waals surface area (Å²) in [5.74, 6) is 3.90. The van der Waals surface area contributed by atoms with Crippen molar-refractivity contribution in [3.05, 3.63) is 0 Å². The standard InChI is InChI=1S/Fe.H3NO2/c;1-3-2/h;2H,1H2. The molecule has 0 atom stereocenters. The van der Waals surface area contributed by atoms with Crippen molar-refractivity contribution in [2.45, 2.75) is 0 Å². The molecule has 0 aromatic heterocycles. The predicted octanol–water partition coefficient (Wildman–Crippen LogP) is -0.653. The second-order valence-corrected chi connectivity index (χ2v) is 0.105. The molecule has 28 valence electrons. The van der Waals surface area contributed by atoms with Crippen molar-refractivity contribution >= 4 is 0 Å². The molecule has 0 unspecified atom stereocenters. The number of hydrogen-bond acceptors (Lipinski definition) is 3. The van der Waals surface area contributed by atoms with Gasteiger partial charge in [0, 0.05) is 17.1 Å². The minimum absolute atomic E-state index is 0. The van der Waals surface area contributed by atoms with Crippen LogP contribution in [0.4, 0.5) is 0 Å². The molecule has 0 fully saturated rings. The summed E-state index contributed by atoms with van der Waals surface area (Å²) in [6, 6.07) is 0. The van der Waals surface area contributed by atoms with E-state index in [2.05, 4.69) is 10.9 Å². The molecule has 0 aliphatic heterocycles. The summed E-state index contributed by atoms with van der Waals surface area (Å²) >= 11 is 0. The van der Waals surface area contributed by atoms with E-state index in [4.69, 9.17) is 5.26 Å². The first kappa shape index (κ1) is 8.83. The van der Waals surface area contributed by atoms with Crippen LogP contribution in [0.2, 0.25) is 0 Å². The largest absolute Gasteiger partial charge is 0.233 e. The molecule has 0 radical (unpaired) electrons. The normalized spacial score (nSPS) is 4.50. The van der Waals surface area contributed by atoms with E-state index in [0.717, 1.165) is 0 Å². The molecule has 0 aromatic carbocycles. The van der Waals surface area contributed by atoms with E-state index in [-0.39, 0.29) is 17.1 Å². The number of rotatable bonds is 0. The molecule has 0 spiro atoms. The van der Waals surface area contributed by atoms with Crippen molar-refractivity contribution in [3.8, 4) is 0 Å². The second-order valence-electron chi connectivity index (χ2n) is 0.105. The van der Waals surface area contributed by atoms with Gasteiger partial charge in [0.1, 0.15) is 0 Å². The maximum Gasteiger partial charge on any atom is 0 e. The number of hydrogen-bond donors (Lipinski definition) is 2. The van der Waals surface area contributed by atoms with Gasteiger partial charge in [-0.3, -0.25) is 0 Å². The van der Waals surface area contributed by atoms with E-state index >= 15 is 0 Å². The first-order valence-corrected chi connectivity index (χ1v) is 0.418. The van der Waals surface area contributed by atoms with Crippen LogP contribution in [-0.4, -0.2) is 5.26 Å². The van der Waals surface area contributed by atoms with E-state index in [1.807, 2.05) is 0 Å². The zero-order valence-electron chi connectivity index (χ0n) is 1.79.